The van der Waals surface area contributed by atoms with Crippen LogP contribution < -0.4 is 0 Å². The quantitative estimate of drug-likeness (QED) is 0.163. The first kappa shape index (κ1) is 55.7. The second-order valence-corrected chi connectivity index (χ2v) is 28.7. The molecule has 8 aromatic rings. The molecule has 0 amide bonds. The third-order valence-electron chi connectivity index (χ3n) is 16.2. The van der Waals surface area contributed by atoms with Crippen molar-refractivity contribution in [3.05, 3.63) is 201 Å². The van der Waals surface area contributed by atoms with Crippen molar-refractivity contribution in [2.75, 3.05) is 0 Å². The van der Waals surface area contributed by atoms with Crippen LogP contribution in [0.1, 0.15) is 197 Å². The van der Waals surface area contributed by atoms with Gasteiger partial charge in [-0.05, 0) is 142 Å². The highest BCUT2D eigenvalue weighted by Gasteiger charge is 2.29. The van der Waals surface area contributed by atoms with Crippen LogP contribution in [-0.2, 0) is 32.5 Å². The number of carbonyl (C=O) groups excluding carboxylic acids is 1. The van der Waals surface area contributed by atoms with Crippen LogP contribution in [0.5, 0.6) is 0 Å². The first-order valence-electron chi connectivity index (χ1n) is 28.7. The molecular formula is C75H82N4O. The van der Waals surface area contributed by atoms with Gasteiger partial charge in [-0.25, -0.2) is 9.97 Å². The molecule has 0 aliphatic carbocycles. The molecule has 2 aliphatic rings. The standard InChI is InChI=1S/C75H82N4O/c1-70(2,3)51-34-48(35-52(40-51)71(4,5)6)66-60-29-28-59(76-60)58(44-80)69-57(47-26-24-46(25-27-47)45-22-20-19-21-23-45)43-65(79-69)68(50-38-55(74(13,14)15)42-56(39-50)75(16,17)18)64-33-32-63(78-64)67(62-31-30-61(66)77-62)49-36-53(72(7,8)9)41-54(37-49)73(10,11)12/h19-44,76,78H,1-18H3. The van der Waals surface area contributed by atoms with Gasteiger partial charge in [0.25, 0.3) is 0 Å². The monoisotopic (exact) mass is 1050 g/mol. The number of hydrogen-bond donors (Lipinski definition) is 2. The van der Waals surface area contributed by atoms with E-state index < -0.39 is 0 Å². The van der Waals surface area contributed by atoms with Crippen molar-refractivity contribution >= 4 is 52.2 Å². The Kier molecular flexibility index (Phi) is 13.8. The lowest BCUT2D eigenvalue weighted by atomic mass is 9.78. The van der Waals surface area contributed by atoms with Gasteiger partial charge < -0.3 is 9.97 Å². The molecular weight excluding hydrogens is 973 g/mol. The molecule has 5 aromatic carbocycles. The van der Waals surface area contributed by atoms with Crippen molar-refractivity contribution in [2.45, 2.75) is 157 Å². The number of H-pyrrole nitrogens is 2. The number of rotatable bonds is 6. The van der Waals surface area contributed by atoms with Crippen LogP contribution in [0.3, 0.4) is 0 Å². The predicted octanol–water partition coefficient (Wildman–Crippen LogP) is 20.3. The first-order chi connectivity index (χ1) is 37.3. The number of fused-ring (bicyclic) bond motifs is 8. The number of aromatic nitrogens is 4. The smallest absolute Gasteiger partial charge is 0.154 e. The molecule has 5 nitrogen and oxygen atoms in total. The Labute approximate surface area is 476 Å². The number of nitrogens with one attached hydrogen (secondary N) is 2. The fourth-order valence-corrected chi connectivity index (χ4v) is 11.0. The van der Waals surface area contributed by atoms with Gasteiger partial charge in [-0.2, -0.15) is 0 Å². The minimum absolute atomic E-state index is 0.128. The Morgan fingerprint density at radius 3 is 1.02 bits per heavy atom. The van der Waals surface area contributed by atoms with Crippen molar-refractivity contribution in [1.82, 2.24) is 19.9 Å². The normalized spacial score (nSPS) is 13.4. The van der Waals surface area contributed by atoms with Gasteiger partial charge in [0.2, 0.25) is 0 Å². The molecule has 408 valence electrons. The highest BCUT2D eigenvalue weighted by molar-refractivity contribution is 6.05. The zero-order valence-electron chi connectivity index (χ0n) is 50.8. The number of nitrogens with zero attached hydrogens (tertiary/aromatic N) is 2. The van der Waals surface area contributed by atoms with Gasteiger partial charge >= 0.3 is 0 Å². The Morgan fingerprint density at radius 2 is 0.662 bits per heavy atom. The topological polar surface area (TPSA) is 74.4 Å². The van der Waals surface area contributed by atoms with E-state index in [-0.39, 0.29) is 32.5 Å². The molecule has 0 spiro atoms. The molecule has 3 aromatic heterocycles. The van der Waals surface area contributed by atoms with E-state index in [0.29, 0.717) is 16.8 Å². The summed E-state index contributed by atoms with van der Waals surface area (Å²) in [6, 6.07) is 49.0. The Balaban J connectivity index is 1.43. The van der Waals surface area contributed by atoms with E-state index in [1.165, 1.54) is 33.4 Å². The number of hydrogen-bond acceptors (Lipinski definition) is 3. The van der Waals surface area contributed by atoms with Gasteiger partial charge in [-0.15, -0.1) is 0 Å². The summed E-state index contributed by atoms with van der Waals surface area (Å²) in [4.78, 5) is 33.6. The molecule has 0 unspecified atom stereocenters. The lowest BCUT2D eigenvalue weighted by Crippen LogP contribution is -2.16. The van der Waals surface area contributed by atoms with Gasteiger partial charge in [0.15, 0.2) is 6.29 Å². The zero-order valence-corrected chi connectivity index (χ0v) is 50.8. The largest absolute Gasteiger partial charge is 0.354 e. The number of aromatic amines is 2. The predicted molar refractivity (Wildman–Crippen MR) is 343 cm³/mol. The Hall–Kier alpha value is -7.63. The van der Waals surface area contributed by atoms with Gasteiger partial charge in [0.05, 0.1) is 33.9 Å². The molecule has 5 heteroatoms. The highest BCUT2D eigenvalue weighted by Crippen LogP contribution is 2.44. The van der Waals surface area contributed by atoms with E-state index >= 15 is 0 Å². The SMILES string of the molecule is CC(C)(C)c1cc(-c2c3nc(c(-c4cc(C(C)(C)C)cc(C(C)(C)C)c4)c4ccc([nH]4)c(-c4cc(C(C)(C)C)cc(C(C)(C)C)c4)c4nc(c(C=O)c5ccc2[nH]5)C(c2ccc(-c5ccccc5)cc2)=C4)C=C3)cc(C(C)(C)C)c1. The van der Waals surface area contributed by atoms with Crippen LogP contribution in [0.2, 0.25) is 0 Å². The molecule has 2 N–H and O–H groups in total. The summed E-state index contributed by atoms with van der Waals surface area (Å²) in [5.41, 5.74) is 23.8. The maximum Gasteiger partial charge on any atom is 0.154 e. The van der Waals surface area contributed by atoms with E-state index in [4.69, 9.17) is 9.97 Å². The van der Waals surface area contributed by atoms with E-state index in [9.17, 15) is 4.79 Å². The minimum atomic E-state index is -0.154. The molecule has 5 heterocycles. The van der Waals surface area contributed by atoms with E-state index in [0.717, 1.165) is 95.6 Å². The lowest BCUT2D eigenvalue weighted by molar-refractivity contribution is 0.112. The van der Waals surface area contributed by atoms with Crippen molar-refractivity contribution in [1.29, 1.82) is 0 Å². The first-order valence-corrected chi connectivity index (χ1v) is 28.7. The second-order valence-electron chi connectivity index (χ2n) is 28.7. The van der Waals surface area contributed by atoms with E-state index in [1.807, 2.05) is 12.1 Å². The van der Waals surface area contributed by atoms with Crippen LogP contribution in [0, 0.1) is 0 Å². The number of carbonyl (C=O) groups is 1. The fourth-order valence-electron chi connectivity index (χ4n) is 11.0. The molecule has 80 heavy (non-hydrogen) atoms. The van der Waals surface area contributed by atoms with Crippen molar-refractivity contribution in [3.63, 3.8) is 0 Å². The van der Waals surface area contributed by atoms with Crippen molar-refractivity contribution in [3.8, 4) is 44.5 Å². The Morgan fingerprint density at radius 1 is 0.338 bits per heavy atom. The Bertz CT molecular complexity index is 3880. The lowest BCUT2D eigenvalue weighted by Gasteiger charge is -2.26. The van der Waals surface area contributed by atoms with Crippen LogP contribution >= 0.6 is 0 Å². The number of aldehydes is 1. The molecule has 0 saturated carbocycles. The van der Waals surface area contributed by atoms with E-state index in [1.54, 1.807) is 0 Å². The fraction of sp³-hybridized carbons (Fsp3) is 0.320. The van der Waals surface area contributed by atoms with Crippen molar-refractivity contribution in [2.24, 2.45) is 0 Å². The maximum absolute atomic E-state index is 14.2. The molecule has 0 radical (unpaired) electrons. The molecule has 0 fully saturated rings. The maximum atomic E-state index is 14.2. The van der Waals surface area contributed by atoms with Gasteiger partial charge in [-0.3, -0.25) is 4.79 Å². The zero-order chi connectivity index (χ0) is 57.6. The molecule has 2 aliphatic heterocycles. The summed E-state index contributed by atoms with van der Waals surface area (Å²) < 4.78 is 0. The molecule has 8 bridgehead atoms. The van der Waals surface area contributed by atoms with Crippen molar-refractivity contribution < 1.29 is 4.79 Å². The van der Waals surface area contributed by atoms with Crippen LogP contribution in [0.25, 0.3) is 90.4 Å². The molecule has 0 saturated heterocycles. The third kappa shape index (κ3) is 11.0. The summed E-state index contributed by atoms with van der Waals surface area (Å²) in [7, 11) is 0. The average molecular weight is 1060 g/mol. The molecule has 0 atom stereocenters. The van der Waals surface area contributed by atoms with E-state index in [2.05, 4.69) is 274 Å². The summed E-state index contributed by atoms with van der Waals surface area (Å²) in [5, 5.41) is 0. The van der Waals surface area contributed by atoms with Crippen LogP contribution in [-0.4, -0.2) is 26.2 Å². The minimum Gasteiger partial charge on any atom is -0.354 e. The summed E-state index contributed by atoms with van der Waals surface area (Å²) in [5.74, 6) is 0. The van der Waals surface area contributed by atoms with Gasteiger partial charge in [0, 0.05) is 38.8 Å². The third-order valence-corrected chi connectivity index (χ3v) is 16.2. The highest BCUT2D eigenvalue weighted by atomic mass is 16.1. The summed E-state index contributed by atoms with van der Waals surface area (Å²) in [6.07, 6.45) is 7.56. The van der Waals surface area contributed by atoms with Gasteiger partial charge in [0.1, 0.15) is 0 Å². The van der Waals surface area contributed by atoms with Gasteiger partial charge in [-0.1, -0.05) is 234 Å². The molecule has 10 rings (SSSR count). The summed E-state index contributed by atoms with van der Waals surface area (Å²) in [6.45, 7) is 41.2. The summed E-state index contributed by atoms with van der Waals surface area (Å²) >= 11 is 0. The average Bonchev–Trinajstić information content (AvgIpc) is 4.25. The second kappa shape index (κ2) is 19.9. The number of benzene rings is 5. The van der Waals surface area contributed by atoms with Crippen LogP contribution in [0.15, 0.2) is 133 Å². The van der Waals surface area contributed by atoms with Crippen LogP contribution in [0.4, 0.5) is 0 Å².